The highest BCUT2D eigenvalue weighted by Gasteiger charge is 2.24. The van der Waals surface area contributed by atoms with Crippen LogP contribution in [0.1, 0.15) is 48.5 Å². The molecule has 1 heterocycles. The molecule has 0 saturated carbocycles. The minimum Gasteiger partial charge on any atom is -0.452 e. The molecular formula is C23H27ClN2O6S. The predicted octanol–water partition coefficient (Wildman–Crippen LogP) is 3.72. The molecule has 8 nitrogen and oxygen atoms in total. The van der Waals surface area contributed by atoms with Crippen LogP contribution >= 0.6 is 11.6 Å². The van der Waals surface area contributed by atoms with E-state index in [0.717, 1.165) is 24.5 Å². The second-order valence-corrected chi connectivity index (χ2v) is 10.2. The molecule has 1 atom stereocenters. The molecule has 1 aliphatic heterocycles. The molecule has 0 aliphatic carbocycles. The first-order valence-corrected chi connectivity index (χ1v) is 12.5. The first-order valence-electron chi connectivity index (χ1n) is 10.6. The zero-order chi connectivity index (χ0) is 24.0. The number of hydrogen-bond acceptors (Lipinski definition) is 6. The van der Waals surface area contributed by atoms with E-state index in [2.05, 4.69) is 23.9 Å². The van der Waals surface area contributed by atoms with Crippen LogP contribution in [0.5, 0.6) is 0 Å². The van der Waals surface area contributed by atoms with Gasteiger partial charge in [0.25, 0.3) is 5.91 Å². The van der Waals surface area contributed by atoms with Crippen LogP contribution in [0.15, 0.2) is 47.4 Å². The summed E-state index contributed by atoms with van der Waals surface area (Å²) in [5.41, 5.74) is 1.68. The van der Waals surface area contributed by atoms with Crippen molar-refractivity contribution in [3.63, 3.8) is 0 Å². The van der Waals surface area contributed by atoms with Gasteiger partial charge < -0.3 is 14.8 Å². The van der Waals surface area contributed by atoms with E-state index in [1.807, 2.05) is 12.1 Å². The van der Waals surface area contributed by atoms with E-state index in [-0.39, 0.29) is 28.1 Å². The molecule has 2 aromatic rings. The highest BCUT2D eigenvalue weighted by molar-refractivity contribution is 7.89. The fourth-order valence-electron chi connectivity index (χ4n) is 3.28. The number of rotatable bonds is 9. The Kier molecular flexibility index (Phi) is 8.47. The molecule has 1 fully saturated rings. The molecule has 1 unspecified atom stereocenters. The van der Waals surface area contributed by atoms with Gasteiger partial charge in [-0.2, -0.15) is 0 Å². The van der Waals surface area contributed by atoms with Gasteiger partial charge in [0, 0.05) is 18.8 Å². The maximum Gasteiger partial charge on any atom is 0.338 e. The van der Waals surface area contributed by atoms with Gasteiger partial charge in [-0.3, -0.25) is 4.79 Å². The molecule has 3 rings (SSSR count). The zero-order valence-electron chi connectivity index (χ0n) is 18.5. The number of halogens is 1. The van der Waals surface area contributed by atoms with Gasteiger partial charge in [0.2, 0.25) is 10.0 Å². The minimum atomic E-state index is -3.97. The van der Waals surface area contributed by atoms with Gasteiger partial charge in [-0.1, -0.05) is 37.6 Å². The van der Waals surface area contributed by atoms with Crippen molar-refractivity contribution in [3.05, 3.63) is 58.6 Å². The summed E-state index contributed by atoms with van der Waals surface area (Å²) in [6, 6.07) is 11.1. The van der Waals surface area contributed by atoms with Crippen molar-refractivity contribution in [1.82, 2.24) is 4.72 Å². The Hall–Kier alpha value is -2.46. The number of sulfonamides is 1. The summed E-state index contributed by atoms with van der Waals surface area (Å²) in [5, 5.41) is 2.61. The molecule has 1 aliphatic rings. The number of carbonyl (C=O) groups is 2. The average Bonchev–Trinajstić information content (AvgIpc) is 3.30. The van der Waals surface area contributed by atoms with Crippen LogP contribution in [-0.2, 0) is 24.3 Å². The SMILES string of the molecule is CC(C)c1ccc(NC(=O)COC(=O)c2ccc(Cl)c(S(=O)(=O)NCC3CCCO3)c2)cc1. The van der Waals surface area contributed by atoms with Gasteiger partial charge in [0.1, 0.15) is 4.90 Å². The van der Waals surface area contributed by atoms with E-state index in [1.165, 1.54) is 12.1 Å². The fourth-order valence-corrected chi connectivity index (χ4v) is 4.87. The fraction of sp³-hybridized carbons (Fsp3) is 0.391. The number of carbonyl (C=O) groups excluding carboxylic acids is 2. The van der Waals surface area contributed by atoms with E-state index in [0.29, 0.717) is 18.2 Å². The molecule has 1 amide bonds. The van der Waals surface area contributed by atoms with Gasteiger partial charge >= 0.3 is 5.97 Å². The summed E-state index contributed by atoms with van der Waals surface area (Å²) in [5.74, 6) is -0.983. The van der Waals surface area contributed by atoms with Gasteiger partial charge in [-0.25, -0.2) is 17.9 Å². The van der Waals surface area contributed by atoms with Gasteiger partial charge in [-0.15, -0.1) is 0 Å². The minimum absolute atomic E-state index is 0.0334. The molecule has 10 heteroatoms. The Morgan fingerprint density at radius 1 is 1.18 bits per heavy atom. The topological polar surface area (TPSA) is 111 Å². The van der Waals surface area contributed by atoms with Gasteiger partial charge in [0.05, 0.1) is 16.7 Å². The summed E-state index contributed by atoms with van der Waals surface area (Å²) in [6.45, 7) is 4.34. The van der Waals surface area contributed by atoms with E-state index >= 15 is 0 Å². The van der Waals surface area contributed by atoms with E-state index < -0.39 is 28.5 Å². The smallest absolute Gasteiger partial charge is 0.338 e. The maximum atomic E-state index is 12.7. The lowest BCUT2D eigenvalue weighted by atomic mass is 10.0. The van der Waals surface area contributed by atoms with E-state index in [1.54, 1.807) is 12.1 Å². The number of anilines is 1. The van der Waals surface area contributed by atoms with Crippen molar-refractivity contribution in [2.24, 2.45) is 0 Å². The quantitative estimate of drug-likeness (QED) is 0.514. The van der Waals surface area contributed by atoms with Crippen LogP contribution in [0.25, 0.3) is 0 Å². The summed E-state index contributed by atoms with van der Waals surface area (Å²) < 4.78 is 38.2. The molecule has 0 aromatic heterocycles. The second-order valence-electron chi connectivity index (χ2n) is 8.03. The summed E-state index contributed by atoms with van der Waals surface area (Å²) in [6.07, 6.45) is 1.46. The second kappa shape index (κ2) is 11.1. The largest absolute Gasteiger partial charge is 0.452 e. The van der Waals surface area contributed by atoms with Crippen LogP contribution in [0.4, 0.5) is 5.69 Å². The van der Waals surface area contributed by atoms with Crippen LogP contribution in [-0.4, -0.2) is 46.2 Å². The number of esters is 1. The van der Waals surface area contributed by atoms with Crippen molar-refractivity contribution < 1.29 is 27.5 Å². The third-order valence-electron chi connectivity index (χ3n) is 5.18. The lowest BCUT2D eigenvalue weighted by Gasteiger charge is -2.13. The van der Waals surface area contributed by atoms with Crippen LogP contribution in [0, 0.1) is 0 Å². The third kappa shape index (κ3) is 7.01. The molecule has 0 spiro atoms. The Balaban J connectivity index is 1.58. The molecule has 2 N–H and O–H groups in total. The normalized spacial score (nSPS) is 16.1. The highest BCUT2D eigenvalue weighted by Crippen LogP contribution is 2.24. The summed E-state index contributed by atoms with van der Waals surface area (Å²) in [4.78, 5) is 24.3. The van der Waals surface area contributed by atoms with Crippen molar-refractivity contribution in [3.8, 4) is 0 Å². The molecule has 0 bridgehead atoms. The maximum absolute atomic E-state index is 12.7. The van der Waals surface area contributed by atoms with Gasteiger partial charge in [-0.05, 0) is 54.7 Å². The third-order valence-corrected chi connectivity index (χ3v) is 7.08. The van der Waals surface area contributed by atoms with Crippen molar-refractivity contribution in [2.45, 2.75) is 43.6 Å². The van der Waals surface area contributed by atoms with E-state index in [9.17, 15) is 18.0 Å². The first kappa shape index (κ1) is 25.2. The lowest BCUT2D eigenvalue weighted by Crippen LogP contribution is -2.32. The number of benzene rings is 2. The summed E-state index contributed by atoms with van der Waals surface area (Å²) in [7, 11) is -3.97. The van der Waals surface area contributed by atoms with Crippen molar-refractivity contribution >= 4 is 39.2 Å². The standard InChI is InChI=1S/C23H27ClN2O6S/c1-15(2)16-5-8-18(9-6-16)26-22(27)14-32-23(28)17-7-10-20(24)21(12-17)33(29,30)25-13-19-4-3-11-31-19/h5-10,12,15,19,25H,3-4,11,13-14H2,1-2H3,(H,26,27). The van der Waals surface area contributed by atoms with Crippen molar-refractivity contribution in [1.29, 1.82) is 0 Å². The Morgan fingerprint density at radius 3 is 2.55 bits per heavy atom. The van der Waals surface area contributed by atoms with E-state index in [4.69, 9.17) is 21.1 Å². The van der Waals surface area contributed by atoms with Crippen LogP contribution < -0.4 is 10.0 Å². The molecular weight excluding hydrogens is 468 g/mol. The molecule has 2 aromatic carbocycles. The van der Waals surface area contributed by atoms with Crippen LogP contribution in [0.3, 0.4) is 0 Å². The Bertz CT molecular complexity index is 1100. The molecule has 1 saturated heterocycles. The zero-order valence-corrected chi connectivity index (χ0v) is 20.0. The van der Waals surface area contributed by atoms with Gasteiger partial charge in [0.15, 0.2) is 6.61 Å². The Morgan fingerprint density at radius 2 is 1.91 bits per heavy atom. The molecule has 0 radical (unpaired) electrons. The summed E-state index contributed by atoms with van der Waals surface area (Å²) >= 11 is 6.06. The number of amides is 1. The Labute approximate surface area is 198 Å². The number of nitrogens with one attached hydrogen (secondary N) is 2. The number of ether oxygens (including phenoxy) is 2. The van der Waals surface area contributed by atoms with Crippen LogP contribution in [0.2, 0.25) is 5.02 Å². The number of hydrogen-bond donors (Lipinski definition) is 2. The highest BCUT2D eigenvalue weighted by atomic mass is 35.5. The molecule has 178 valence electrons. The predicted molar refractivity (Wildman–Crippen MR) is 125 cm³/mol. The average molecular weight is 495 g/mol. The lowest BCUT2D eigenvalue weighted by molar-refractivity contribution is -0.119. The van der Waals surface area contributed by atoms with Crippen molar-refractivity contribution in [2.75, 3.05) is 25.1 Å². The molecule has 33 heavy (non-hydrogen) atoms. The first-order chi connectivity index (χ1) is 15.7. The monoisotopic (exact) mass is 494 g/mol.